The second-order valence-electron chi connectivity index (χ2n) is 3.45. The Kier molecular flexibility index (Phi) is 6.58. The predicted molar refractivity (Wildman–Crippen MR) is 64.7 cm³/mol. The van der Waals surface area contributed by atoms with E-state index in [0.29, 0.717) is 5.01 Å². The highest BCUT2D eigenvalue weighted by atomic mass is 35.5. The molecule has 1 rings (SSSR count). The van der Waals surface area contributed by atoms with Gasteiger partial charge in [0, 0.05) is 18.3 Å². The first-order valence-corrected chi connectivity index (χ1v) is 5.73. The number of nitrogens with one attached hydrogen (secondary N) is 1. The average molecular weight is 304 g/mol. The third-order valence-electron chi connectivity index (χ3n) is 1.89. The van der Waals surface area contributed by atoms with Crippen LogP contribution in [-0.2, 0) is 17.4 Å². The molecule has 1 aromatic heterocycles. The van der Waals surface area contributed by atoms with Crippen molar-refractivity contribution in [3.63, 3.8) is 0 Å². The highest BCUT2D eigenvalue weighted by Gasteiger charge is 2.33. The maximum atomic E-state index is 12.2. The lowest BCUT2D eigenvalue weighted by Gasteiger charge is -2.06. The van der Waals surface area contributed by atoms with E-state index in [1.807, 2.05) is 0 Å². The Morgan fingerprint density at radius 3 is 2.67 bits per heavy atom. The number of carbonyl (C=O) groups excluding carboxylic acids is 1. The Bertz CT molecular complexity index is 395. The lowest BCUT2D eigenvalue weighted by atomic mass is 10.3. The van der Waals surface area contributed by atoms with Crippen molar-refractivity contribution in [2.75, 3.05) is 6.54 Å². The van der Waals surface area contributed by atoms with Crippen LogP contribution in [0, 0.1) is 0 Å². The third-order valence-corrected chi connectivity index (χ3v) is 2.80. The fourth-order valence-corrected chi connectivity index (χ4v) is 1.81. The number of rotatable bonds is 4. The largest absolute Gasteiger partial charge is 0.434 e. The number of halogens is 4. The van der Waals surface area contributed by atoms with Crippen LogP contribution in [0.2, 0.25) is 0 Å². The molecule has 0 saturated carbocycles. The second-order valence-corrected chi connectivity index (χ2v) is 4.40. The van der Waals surface area contributed by atoms with Crippen molar-refractivity contribution in [1.29, 1.82) is 0 Å². The molecule has 18 heavy (non-hydrogen) atoms. The molecule has 0 unspecified atom stereocenters. The highest BCUT2D eigenvalue weighted by molar-refractivity contribution is 7.09. The van der Waals surface area contributed by atoms with Crippen LogP contribution < -0.4 is 11.1 Å². The number of thiazole rings is 1. The predicted octanol–water partition coefficient (Wildman–Crippen LogP) is 1.59. The first-order chi connectivity index (χ1) is 7.80. The van der Waals surface area contributed by atoms with E-state index in [9.17, 15) is 18.0 Å². The van der Waals surface area contributed by atoms with E-state index in [0.717, 1.165) is 16.7 Å². The van der Waals surface area contributed by atoms with Crippen LogP contribution in [0.5, 0.6) is 0 Å². The van der Waals surface area contributed by atoms with Gasteiger partial charge < -0.3 is 11.1 Å². The molecule has 0 saturated heterocycles. The first kappa shape index (κ1) is 17.1. The van der Waals surface area contributed by atoms with E-state index in [1.54, 1.807) is 0 Å². The molecule has 0 aliphatic rings. The number of nitrogens with zero attached hydrogens (tertiary/aromatic N) is 1. The number of hydrogen-bond donors (Lipinski definition) is 2. The lowest BCUT2D eigenvalue weighted by molar-refractivity contribution is -0.140. The quantitative estimate of drug-likeness (QED) is 0.887. The van der Waals surface area contributed by atoms with Crippen molar-refractivity contribution in [2.45, 2.75) is 25.6 Å². The normalized spacial score (nSPS) is 12.7. The molecule has 1 heterocycles. The topological polar surface area (TPSA) is 68.0 Å². The van der Waals surface area contributed by atoms with Gasteiger partial charge in [-0.25, -0.2) is 4.98 Å². The van der Waals surface area contributed by atoms with Crippen LogP contribution in [0.4, 0.5) is 13.2 Å². The van der Waals surface area contributed by atoms with E-state index >= 15 is 0 Å². The zero-order valence-electron chi connectivity index (χ0n) is 9.45. The van der Waals surface area contributed by atoms with Crippen molar-refractivity contribution in [2.24, 2.45) is 5.73 Å². The minimum atomic E-state index is -4.41. The summed E-state index contributed by atoms with van der Waals surface area (Å²) in [5, 5.41) is 3.80. The Morgan fingerprint density at radius 1 is 1.61 bits per heavy atom. The molecule has 0 bridgehead atoms. The maximum absolute atomic E-state index is 12.2. The van der Waals surface area contributed by atoms with Crippen LogP contribution >= 0.6 is 23.7 Å². The smallest absolute Gasteiger partial charge is 0.354 e. The Morgan fingerprint density at radius 2 is 2.22 bits per heavy atom. The van der Waals surface area contributed by atoms with Crippen LogP contribution in [-0.4, -0.2) is 23.5 Å². The van der Waals surface area contributed by atoms with Gasteiger partial charge in [-0.2, -0.15) is 13.2 Å². The summed E-state index contributed by atoms with van der Waals surface area (Å²) in [4.78, 5) is 14.5. The number of carbonyl (C=O) groups is 1. The van der Waals surface area contributed by atoms with Gasteiger partial charge in [-0.3, -0.25) is 4.79 Å². The Hall–Kier alpha value is -0.860. The van der Waals surface area contributed by atoms with E-state index in [-0.39, 0.29) is 31.3 Å². The summed E-state index contributed by atoms with van der Waals surface area (Å²) in [6, 6.07) is -0.628. The highest BCUT2D eigenvalue weighted by Crippen LogP contribution is 2.29. The summed E-state index contributed by atoms with van der Waals surface area (Å²) in [5.74, 6) is -0.336. The first-order valence-electron chi connectivity index (χ1n) is 4.85. The molecular formula is C9H13ClF3N3OS. The standard InChI is InChI=1S/C9H12F3N3OS.ClH/c1-5(13)8(16)14-3-2-7-15-6(4-17-7)9(10,11)12;/h4-5H,2-3,13H2,1H3,(H,14,16);1H/t5-;/m0./s1. The molecule has 104 valence electrons. The van der Waals surface area contributed by atoms with E-state index in [1.165, 1.54) is 6.92 Å². The summed E-state index contributed by atoms with van der Waals surface area (Å²) in [5.41, 5.74) is 4.41. The zero-order valence-corrected chi connectivity index (χ0v) is 11.1. The number of amides is 1. The summed E-state index contributed by atoms with van der Waals surface area (Å²) in [6.07, 6.45) is -4.15. The number of alkyl halides is 3. The molecule has 0 aliphatic heterocycles. The molecule has 1 aromatic rings. The average Bonchev–Trinajstić information content (AvgIpc) is 2.65. The van der Waals surface area contributed by atoms with Gasteiger partial charge in [-0.05, 0) is 6.92 Å². The lowest BCUT2D eigenvalue weighted by Crippen LogP contribution is -2.39. The molecule has 4 nitrogen and oxygen atoms in total. The molecule has 0 fully saturated rings. The van der Waals surface area contributed by atoms with Gasteiger partial charge >= 0.3 is 6.18 Å². The van der Waals surface area contributed by atoms with Gasteiger partial charge in [0.1, 0.15) is 0 Å². The van der Waals surface area contributed by atoms with Gasteiger partial charge in [-0.1, -0.05) is 0 Å². The van der Waals surface area contributed by atoms with Gasteiger partial charge in [-0.15, -0.1) is 23.7 Å². The molecule has 0 radical (unpaired) electrons. The summed E-state index contributed by atoms with van der Waals surface area (Å²) < 4.78 is 36.6. The van der Waals surface area contributed by atoms with Crippen LogP contribution in [0.15, 0.2) is 5.38 Å². The third kappa shape index (κ3) is 5.19. The van der Waals surface area contributed by atoms with Gasteiger partial charge in [0.25, 0.3) is 0 Å². The van der Waals surface area contributed by atoms with Crippen molar-refractivity contribution in [1.82, 2.24) is 10.3 Å². The van der Waals surface area contributed by atoms with Crippen LogP contribution in [0.3, 0.4) is 0 Å². The molecule has 3 N–H and O–H groups in total. The monoisotopic (exact) mass is 303 g/mol. The van der Waals surface area contributed by atoms with Gasteiger partial charge in [0.05, 0.1) is 11.0 Å². The molecular weight excluding hydrogens is 291 g/mol. The van der Waals surface area contributed by atoms with Crippen LogP contribution in [0.1, 0.15) is 17.6 Å². The minimum absolute atomic E-state index is 0. The summed E-state index contributed by atoms with van der Waals surface area (Å²) in [6.45, 7) is 1.76. The van der Waals surface area contributed by atoms with Gasteiger partial charge in [0.15, 0.2) is 5.69 Å². The van der Waals surface area contributed by atoms with Crippen molar-refractivity contribution in [3.8, 4) is 0 Å². The SMILES string of the molecule is C[C@H](N)C(=O)NCCc1nc(C(F)(F)F)cs1.Cl. The van der Waals surface area contributed by atoms with Crippen molar-refractivity contribution in [3.05, 3.63) is 16.1 Å². The molecule has 0 aliphatic carbocycles. The fourth-order valence-electron chi connectivity index (χ4n) is 1.01. The van der Waals surface area contributed by atoms with Crippen molar-refractivity contribution < 1.29 is 18.0 Å². The van der Waals surface area contributed by atoms with E-state index in [4.69, 9.17) is 5.73 Å². The summed E-state index contributed by atoms with van der Waals surface area (Å²) >= 11 is 0.923. The van der Waals surface area contributed by atoms with Crippen LogP contribution in [0.25, 0.3) is 0 Å². The van der Waals surface area contributed by atoms with E-state index in [2.05, 4.69) is 10.3 Å². The van der Waals surface area contributed by atoms with Gasteiger partial charge in [0.2, 0.25) is 5.91 Å². The number of hydrogen-bond acceptors (Lipinski definition) is 4. The molecule has 0 aromatic carbocycles. The molecule has 0 spiro atoms. The molecule has 9 heteroatoms. The second kappa shape index (κ2) is 6.91. The summed E-state index contributed by atoms with van der Waals surface area (Å²) in [7, 11) is 0. The zero-order chi connectivity index (χ0) is 13.1. The Balaban J connectivity index is 0.00000289. The molecule has 1 amide bonds. The molecule has 1 atom stereocenters. The maximum Gasteiger partial charge on any atom is 0.434 e. The number of aromatic nitrogens is 1. The number of nitrogens with two attached hydrogens (primary N) is 1. The fraction of sp³-hybridized carbons (Fsp3) is 0.556. The Labute approximate surface area is 112 Å². The minimum Gasteiger partial charge on any atom is -0.354 e. The van der Waals surface area contributed by atoms with Crippen molar-refractivity contribution >= 4 is 29.7 Å². The van der Waals surface area contributed by atoms with E-state index < -0.39 is 17.9 Å².